The van der Waals surface area contributed by atoms with Crippen LogP contribution in [0.15, 0.2) is 0 Å². The van der Waals surface area contributed by atoms with Gasteiger partial charge in [0.05, 0.1) is 0 Å². The molecule has 114 valence electrons. The number of rotatable bonds is 7. The molecule has 0 amide bonds. The fraction of sp³-hybridized carbons (Fsp3) is 1.00. The van der Waals surface area contributed by atoms with Crippen LogP contribution < -0.4 is 0 Å². The van der Waals surface area contributed by atoms with E-state index in [1.165, 1.54) is 57.8 Å². The summed E-state index contributed by atoms with van der Waals surface area (Å²) in [6.07, 6.45) is 12.2. The van der Waals surface area contributed by atoms with Gasteiger partial charge in [0.15, 0.2) is 0 Å². The molecule has 0 saturated carbocycles. The molecule has 0 rings (SSSR count). The molecule has 0 spiro atoms. The highest BCUT2D eigenvalue weighted by Gasteiger charge is 2.09. The predicted molar refractivity (Wildman–Crippen MR) is 89.4 cm³/mol. The van der Waals surface area contributed by atoms with Gasteiger partial charge in [0.25, 0.3) is 0 Å². The van der Waals surface area contributed by atoms with Gasteiger partial charge >= 0.3 is 0 Å². The Morgan fingerprint density at radius 3 is 0.833 bits per heavy atom. The van der Waals surface area contributed by atoms with Gasteiger partial charge in [-0.2, -0.15) is 0 Å². The maximum absolute atomic E-state index is 2.30. The van der Waals surface area contributed by atoms with E-state index in [9.17, 15) is 0 Å². The summed E-state index contributed by atoms with van der Waals surface area (Å²) in [7, 11) is 0. The normalized spacial score (nSPS) is 10.0. The van der Waals surface area contributed by atoms with Crippen LogP contribution in [0.4, 0.5) is 0 Å². The molecule has 0 aliphatic rings. The SMILES string of the molecule is CCC(C)(C)CC.CCCCC.CCCCCC. The van der Waals surface area contributed by atoms with Gasteiger partial charge < -0.3 is 0 Å². The van der Waals surface area contributed by atoms with E-state index < -0.39 is 0 Å². The third kappa shape index (κ3) is 29.8. The van der Waals surface area contributed by atoms with E-state index in [0.717, 1.165) is 0 Å². The maximum atomic E-state index is 2.30. The second-order valence-electron chi connectivity index (χ2n) is 5.93. The van der Waals surface area contributed by atoms with Crippen LogP contribution in [0.5, 0.6) is 0 Å². The molecule has 0 fully saturated rings. The van der Waals surface area contributed by atoms with E-state index in [4.69, 9.17) is 0 Å². The number of hydrogen-bond donors (Lipinski definition) is 0. The third-order valence-corrected chi connectivity index (χ3v) is 3.58. The van der Waals surface area contributed by atoms with Gasteiger partial charge in [-0.3, -0.25) is 0 Å². The minimum atomic E-state index is 0.583. The predicted octanol–water partition coefficient (Wildman–Crippen LogP) is 7.62. The molecule has 0 atom stereocenters. The van der Waals surface area contributed by atoms with Gasteiger partial charge in [-0.05, 0) is 5.41 Å². The van der Waals surface area contributed by atoms with Crippen LogP contribution in [0.1, 0.15) is 113 Å². The topological polar surface area (TPSA) is 0 Å². The van der Waals surface area contributed by atoms with Crippen molar-refractivity contribution in [3.8, 4) is 0 Å². The molecular weight excluding hydrogens is 216 g/mol. The van der Waals surface area contributed by atoms with Gasteiger partial charge in [-0.25, -0.2) is 0 Å². The summed E-state index contributed by atoms with van der Waals surface area (Å²) in [5.41, 5.74) is 0.583. The lowest BCUT2D eigenvalue weighted by atomic mass is 9.88. The van der Waals surface area contributed by atoms with Crippen molar-refractivity contribution in [3.63, 3.8) is 0 Å². The molecule has 0 bridgehead atoms. The highest BCUT2D eigenvalue weighted by molar-refractivity contribution is 4.61. The zero-order chi connectivity index (χ0) is 14.9. The Kier molecular flexibility index (Phi) is 24.8. The molecule has 0 aromatic heterocycles. The van der Waals surface area contributed by atoms with E-state index in [0.29, 0.717) is 5.41 Å². The Balaban J connectivity index is -0.000000190. The van der Waals surface area contributed by atoms with Gasteiger partial charge in [0, 0.05) is 0 Å². The molecule has 0 aromatic carbocycles. The lowest BCUT2D eigenvalue weighted by Gasteiger charge is -2.18. The average Bonchev–Trinajstić information content (AvgIpc) is 2.39. The van der Waals surface area contributed by atoms with E-state index in [1.807, 2.05) is 0 Å². The first kappa shape index (κ1) is 23.1. The van der Waals surface area contributed by atoms with Crippen LogP contribution in [0.3, 0.4) is 0 Å². The highest BCUT2D eigenvalue weighted by atomic mass is 14.1. The van der Waals surface area contributed by atoms with Crippen LogP contribution in [0, 0.1) is 5.41 Å². The largest absolute Gasteiger partial charge is 0.0654 e. The van der Waals surface area contributed by atoms with Crippen molar-refractivity contribution in [2.75, 3.05) is 0 Å². The van der Waals surface area contributed by atoms with E-state index in [2.05, 4.69) is 55.4 Å². The van der Waals surface area contributed by atoms with Crippen molar-refractivity contribution >= 4 is 0 Å². The smallest absolute Gasteiger partial charge is 0.0359 e. The van der Waals surface area contributed by atoms with E-state index in [-0.39, 0.29) is 0 Å². The average molecular weight is 259 g/mol. The molecule has 0 aliphatic heterocycles. The van der Waals surface area contributed by atoms with Gasteiger partial charge in [-0.1, -0.05) is 113 Å². The molecule has 0 unspecified atom stereocenters. The van der Waals surface area contributed by atoms with Gasteiger partial charge in [0.2, 0.25) is 0 Å². The van der Waals surface area contributed by atoms with Crippen LogP contribution in [0.2, 0.25) is 0 Å². The second kappa shape index (κ2) is 19.3. The number of unbranched alkanes of at least 4 members (excludes halogenated alkanes) is 5. The summed E-state index contributed by atoms with van der Waals surface area (Å²) in [6, 6.07) is 0. The molecule has 0 aliphatic carbocycles. The summed E-state index contributed by atoms with van der Waals surface area (Å²) < 4.78 is 0. The Morgan fingerprint density at radius 1 is 0.500 bits per heavy atom. The quantitative estimate of drug-likeness (QED) is 0.412. The molecular formula is C18H42. The van der Waals surface area contributed by atoms with E-state index in [1.54, 1.807) is 0 Å². The third-order valence-electron chi connectivity index (χ3n) is 3.58. The van der Waals surface area contributed by atoms with Crippen LogP contribution in [-0.4, -0.2) is 0 Å². The van der Waals surface area contributed by atoms with E-state index >= 15 is 0 Å². The second-order valence-corrected chi connectivity index (χ2v) is 5.93. The molecule has 0 heteroatoms. The Bertz CT molecular complexity index is 101. The summed E-state index contributed by atoms with van der Waals surface area (Å²) in [5, 5.41) is 0. The van der Waals surface area contributed by atoms with Crippen molar-refractivity contribution in [3.05, 3.63) is 0 Å². The lowest BCUT2D eigenvalue weighted by Crippen LogP contribution is -2.05. The molecule has 0 heterocycles. The zero-order valence-electron chi connectivity index (χ0n) is 14.9. The Morgan fingerprint density at radius 2 is 0.778 bits per heavy atom. The lowest BCUT2D eigenvalue weighted by molar-refractivity contribution is 0.338. The fourth-order valence-electron chi connectivity index (χ4n) is 1.10. The molecule has 0 nitrogen and oxygen atoms in total. The van der Waals surface area contributed by atoms with Crippen molar-refractivity contribution < 1.29 is 0 Å². The van der Waals surface area contributed by atoms with Crippen molar-refractivity contribution in [1.82, 2.24) is 0 Å². The first-order valence-electron chi connectivity index (χ1n) is 8.45. The first-order valence-corrected chi connectivity index (χ1v) is 8.45. The maximum Gasteiger partial charge on any atom is -0.0359 e. The molecule has 0 saturated heterocycles. The van der Waals surface area contributed by atoms with Crippen molar-refractivity contribution in [1.29, 1.82) is 0 Å². The summed E-state index contributed by atoms with van der Waals surface area (Å²) in [5.74, 6) is 0. The summed E-state index contributed by atoms with van der Waals surface area (Å²) >= 11 is 0. The van der Waals surface area contributed by atoms with Gasteiger partial charge in [-0.15, -0.1) is 0 Å². The van der Waals surface area contributed by atoms with Crippen molar-refractivity contribution in [2.24, 2.45) is 5.41 Å². The molecule has 0 N–H and O–H groups in total. The molecule has 0 radical (unpaired) electrons. The minimum absolute atomic E-state index is 0.583. The Hall–Kier alpha value is 0. The minimum Gasteiger partial charge on any atom is -0.0654 e. The monoisotopic (exact) mass is 258 g/mol. The van der Waals surface area contributed by atoms with Crippen LogP contribution in [-0.2, 0) is 0 Å². The molecule has 18 heavy (non-hydrogen) atoms. The summed E-state index contributed by atoms with van der Waals surface area (Å²) in [6.45, 7) is 18.0. The van der Waals surface area contributed by atoms with Crippen LogP contribution in [0.25, 0.3) is 0 Å². The zero-order valence-corrected chi connectivity index (χ0v) is 14.9. The van der Waals surface area contributed by atoms with Crippen LogP contribution >= 0.6 is 0 Å². The fourth-order valence-corrected chi connectivity index (χ4v) is 1.10. The Labute approximate surface area is 119 Å². The van der Waals surface area contributed by atoms with Crippen molar-refractivity contribution in [2.45, 2.75) is 113 Å². The number of hydrogen-bond acceptors (Lipinski definition) is 0. The standard InChI is InChI=1S/C7H16.C6H14.C5H12/c1-5-7(3,4)6-2;1-3-5-6-4-2;1-3-5-4-2/h5-6H2,1-4H3;3-6H2,1-2H3;3-5H2,1-2H3. The first-order chi connectivity index (χ1) is 8.45. The highest BCUT2D eigenvalue weighted by Crippen LogP contribution is 2.22. The van der Waals surface area contributed by atoms with Gasteiger partial charge in [0.1, 0.15) is 0 Å². The molecule has 0 aromatic rings. The summed E-state index contributed by atoms with van der Waals surface area (Å²) in [4.78, 5) is 0.